The van der Waals surface area contributed by atoms with Gasteiger partial charge in [0.2, 0.25) is 11.8 Å². The van der Waals surface area contributed by atoms with Gasteiger partial charge < -0.3 is 20.2 Å². The van der Waals surface area contributed by atoms with Crippen molar-refractivity contribution in [1.29, 1.82) is 0 Å². The van der Waals surface area contributed by atoms with Crippen molar-refractivity contribution in [1.82, 2.24) is 15.2 Å². The van der Waals surface area contributed by atoms with Gasteiger partial charge >= 0.3 is 6.01 Å². The van der Waals surface area contributed by atoms with Crippen LogP contribution in [-0.4, -0.2) is 28.8 Å². The van der Waals surface area contributed by atoms with E-state index in [1.807, 2.05) is 12.1 Å². The smallest absolute Gasteiger partial charge is 0.315 e. The van der Waals surface area contributed by atoms with Crippen molar-refractivity contribution in [3.63, 3.8) is 0 Å². The quantitative estimate of drug-likeness (QED) is 0.772. The molecule has 0 saturated carbocycles. The summed E-state index contributed by atoms with van der Waals surface area (Å²) >= 11 is 0. The highest BCUT2D eigenvalue weighted by molar-refractivity contribution is 5.26. The molecule has 0 aliphatic rings. The molecule has 0 saturated heterocycles. The van der Waals surface area contributed by atoms with Crippen LogP contribution in [0.2, 0.25) is 0 Å². The van der Waals surface area contributed by atoms with Crippen LogP contribution in [-0.2, 0) is 13.0 Å². The van der Waals surface area contributed by atoms with Crippen molar-refractivity contribution < 1.29 is 9.15 Å². The molecule has 0 fully saturated rings. The van der Waals surface area contributed by atoms with Gasteiger partial charge in [-0.25, -0.2) is 4.98 Å². The molecule has 2 heterocycles. The first-order chi connectivity index (χ1) is 8.81. The summed E-state index contributed by atoms with van der Waals surface area (Å²) in [4.78, 5) is 4.03. The Morgan fingerprint density at radius 3 is 3.11 bits per heavy atom. The van der Waals surface area contributed by atoms with Gasteiger partial charge in [-0.2, -0.15) is 0 Å². The summed E-state index contributed by atoms with van der Waals surface area (Å²) in [5.74, 6) is 1.11. The van der Waals surface area contributed by atoms with Crippen molar-refractivity contribution in [2.24, 2.45) is 5.73 Å². The minimum Gasteiger partial charge on any atom is -0.481 e. The maximum absolute atomic E-state index is 5.40. The number of aromatic nitrogens is 3. The van der Waals surface area contributed by atoms with Gasteiger partial charge in [0.1, 0.15) is 0 Å². The molecular formula is C11H15N5O2. The predicted molar refractivity (Wildman–Crippen MR) is 65.2 cm³/mol. The molecule has 2 aromatic rings. The van der Waals surface area contributed by atoms with E-state index in [4.69, 9.17) is 14.9 Å². The van der Waals surface area contributed by atoms with Gasteiger partial charge in [0, 0.05) is 31.8 Å². The van der Waals surface area contributed by atoms with E-state index in [0.717, 1.165) is 5.56 Å². The first-order valence-electron chi connectivity index (χ1n) is 5.57. The highest BCUT2D eigenvalue weighted by atomic mass is 16.5. The van der Waals surface area contributed by atoms with Crippen molar-refractivity contribution >= 4 is 6.01 Å². The largest absolute Gasteiger partial charge is 0.481 e. The van der Waals surface area contributed by atoms with Gasteiger partial charge in [0.15, 0.2) is 0 Å². The first-order valence-corrected chi connectivity index (χ1v) is 5.57. The van der Waals surface area contributed by atoms with E-state index in [-0.39, 0.29) is 0 Å². The van der Waals surface area contributed by atoms with Crippen LogP contribution in [0.5, 0.6) is 5.88 Å². The van der Waals surface area contributed by atoms with Crippen LogP contribution in [0.4, 0.5) is 6.01 Å². The van der Waals surface area contributed by atoms with Crippen LogP contribution in [0.3, 0.4) is 0 Å². The summed E-state index contributed by atoms with van der Waals surface area (Å²) < 4.78 is 10.4. The van der Waals surface area contributed by atoms with E-state index in [2.05, 4.69) is 20.5 Å². The molecule has 0 amide bonds. The lowest BCUT2D eigenvalue weighted by molar-refractivity contribution is 0.397. The first kappa shape index (κ1) is 12.3. The van der Waals surface area contributed by atoms with Gasteiger partial charge in [0.05, 0.1) is 7.11 Å². The molecule has 2 aromatic heterocycles. The molecule has 0 radical (unpaired) electrons. The fraction of sp³-hybridized carbons (Fsp3) is 0.364. The summed E-state index contributed by atoms with van der Waals surface area (Å²) in [6, 6.07) is 4.10. The SMILES string of the molecule is COc1cc(CNc2nnc(CCN)o2)ccn1. The second kappa shape index (κ2) is 5.97. The minimum atomic E-state index is 0.384. The molecule has 0 unspecified atom stereocenters. The molecule has 0 aromatic carbocycles. The number of methoxy groups -OCH3 is 1. The Kier molecular flexibility index (Phi) is 4.08. The van der Waals surface area contributed by atoms with Crippen LogP contribution in [0.15, 0.2) is 22.7 Å². The van der Waals surface area contributed by atoms with Gasteiger partial charge in [-0.1, -0.05) is 5.10 Å². The van der Waals surface area contributed by atoms with E-state index in [9.17, 15) is 0 Å². The maximum atomic E-state index is 5.40. The van der Waals surface area contributed by atoms with Crippen LogP contribution in [0, 0.1) is 0 Å². The zero-order chi connectivity index (χ0) is 12.8. The van der Waals surface area contributed by atoms with Gasteiger partial charge in [-0.3, -0.25) is 0 Å². The van der Waals surface area contributed by atoms with Crippen LogP contribution in [0.25, 0.3) is 0 Å². The van der Waals surface area contributed by atoms with E-state index in [1.165, 1.54) is 0 Å². The zero-order valence-electron chi connectivity index (χ0n) is 10.1. The number of ether oxygens (including phenoxy) is 1. The number of nitrogens with two attached hydrogens (primary N) is 1. The lowest BCUT2D eigenvalue weighted by Gasteiger charge is -2.03. The predicted octanol–water partition coefficient (Wildman–Crippen LogP) is 0.586. The molecule has 7 nitrogen and oxygen atoms in total. The van der Waals surface area contributed by atoms with Gasteiger partial charge in [-0.05, 0) is 11.6 Å². The Morgan fingerprint density at radius 1 is 1.44 bits per heavy atom. The standard InChI is InChI=1S/C11H15N5O2/c1-17-10-6-8(3-5-13-10)7-14-11-16-15-9(18-11)2-4-12/h3,5-6H,2,4,7,12H2,1H3,(H,14,16). The van der Waals surface area contributed by atoms with Crippen molar-refractivity contribution in [2.75, 3.05) is 19.0 Å². The molecule has 0 aliphatic heterocycles. The van der Waals surface area contributed by atoms with E-state index >= 15 is 0 Å². The molecular weight excluding hydrogens is 234 g/mol. The normalized spacial score (nSPS) is 10.3. The third-order valence-electron chi connectivity index (χ3n) is 2.28. The molecule has 7 heteroatoms. The third kappa shape index (κ3) is 3.17. The molecule has 0 atom stereocenters. The molecule has 18 heavy (non-hydrogen) atoms. The second-order valence-electron chi connectivity index (χ2n) is 3.60. The maximum Gasteiger partial charge on any atom is 0.315 e. The number of pyridine rings is 1. The van der Waals surface area contributed by atoms with Crippen molar-refractivity contribution in [2.45, 2.75) is 13.0 Å². The number of hydrogen-bond acceptors (Lipinski definition) is 7. The van der Waals surface area contributed by atoms with E-state index in [0.29, 0.717) is 37.3 Å². The van der Waals surface area contributed by atoms with Crippen molar-refractivity contribution in [3.8, 4) is 5.88 Å². The van der Waals surface area contributed by atoms with E-state index in [1.54, 1.807) is 13.3 Å². The summed E-state index contributed by atoms with van der Waals surface area (Å²) in [5, 5.41) is 10.7. The number of nitrogens with one attached hydrogen (secondary N) is 1. The van der Waals surface area contributed by atoms with Crippen molar-refractivity contribution in [3.05, 3.63) is 29.8 Å². The molecule has 0 bridgehead atoms. The molecule has 3 N–H and O–H groups in total. The lowest BCUT2D eigenvalue weighted by atomic mass is 10.2. The monoisotopic (exact) mass is 249 g/mol. The lowest BCUT2D eigenvalue weighted by Crippen LogP contribution is -2.02. The summed E-state index contributed by atoms with van der Waals surface area (Å²) in [6.07, 6.45) is 2.27. The fourth-order valence-electron chi connectivity index (χ4n) is 1.40. The highest BCUT2D eigenvalue weighted by Crippen LogP contribution is 2.11. The van der Waals surface area contributed by atoms with Crippen LogP contribution < -0.4 is 15.8 Å². The Morgan fingerprint density at radius 2 is 2.33 bits per heavy atom. The van der Waals surface area contributed by atoms with Gasteiger partial charge in [-0.15, -0.1) is 5.10 Å². The topological polar surface area (TPSA) is 99.1 Å². The average Bonchev–Trinajstić information content (AvgIpc) is 2.85. The Labute approximate surface area is 104 Å². The number of nitrogens with zero attached hydrogens (tertiary/aromatic N) is 3. The zero-order valence-corrected chi connectivity index (χ0v) is 10.1. The average molecular weight is 249 g/mol. The van der Waals surface area contributed by atoms with Crippen LogP contribution in [0.1, 0.15) is 11.5 Å². The number of anilines is 1. The van der Waals surface area contributed by atoms with Gasteiger partial charge in [0.25, 0.3) is 0 Å². The molecule has 96 valence electrons. The fourth-order valence-corrected chi connectivity index (χ4v) is 1.40. The summed E-state index contributed by atoms with van der Waals surface area (Å²) in [6.45, 7) is 1.05. The Bertz CT molecular complexity index is 500. The third-order valence-corrected chi connectivity index (χ3v) is 2.28. The summed E-state index contributed by atoms with van der Waals surface area (Å²) in [7, 11) is 1.58. The highest BCUT2D eigenvalue weighted by Gasteiger charge is 2.05. The summed E-state index contributed by atoms with van der Waals surface area (Å²) in [5.41, 5.74) is 6.41. The minimum absolute atomic E-state index is 0.384. The molecule has 0 aliphatic carbocycles. The molecule has 0 spiro atoms. The molecule has 2 rings (SSSR count). The van der Waals surface area contributed by atoms with Crippen LogP contribution >= 0.6 is 0 Å². The Balaban J connectivity index is 1.93. The van der Waals surface area contributed by atoms with E-state index < -0.39 is 0 Å². The number of rotatable bonds is 6. The number of hydrogen-bond donors (Lipinski definition) is 2. The Hall–Kier alpha value is -2.15. The second-order valence-corrected chi connectivity index (χ2v) is 3.60.